The summed E-state index contributed by atoms with van der Waals surface area (Å²) in [5.41, 5.74) is 5.48. The minimum absolute atomic E-state index is 0.0178. The fourth-order valence-corrected chi connectivity index (χ4v) is 5.26. The second kappa shape index (κ2) is 9.02. The van der Waals surface area contributed by atoms with Gasteiger partial charge in [0.15, 0.2) is 0 Å². The number of aryl methyl sites for hydroxylation is 1. The first-order valence-electron chi connectivity index (χ1n) is 11.9. The van der Waals surface area contributed by atoms with Gasteiger partial charge >= 0.3 is 6.09 Å². The number of nitriles is 1. The molecule has 0 saturated carbocycles. The number of rotatable bonds is 4. The summed E-state index contributed by atoms with van der Waals surface area (Å²) in [4.78, 5) is 29.5. The van der Waals surface area contributed by atoms with Crippen LogP contribution in [0.4, 0.5) is 4.79 Å². The first kappa shape index (κ1) is 22.8. The van der Waals surface area contributed by atoms with Crippen LogP contribution < -0.4 is 0 Å². The normalized spacial score (nSPS) is 19.3. The quantitative estimate of drug-likeness (QED) is 0.620. The lowest BCUT2D eigenvalue weighted by Crippen LogP contribution is -2.35. The van der Waals surface area contributed by atoms with E-state index in [1.54, 1.807) is 23.1 Å². The molecule has 1 N–H and O–H groups in total. The Morgan fingerprint density at radius 3 is 2.46 bits per heavy atom. The third-order valence-corrected chi connectivity index (χ3v) is 7.17. The van der Waals surface area contributed by atoms with Crippen LogP contribution >= 0.6 is 0 Å². The van der Waals surface area contributed by atoms with E-state index in [1.807, 2.05) is 24.0 Å². The minimum atomic E-state index is -0.328. The Balaban J connectivity index is 1.18. The van der Waals surface area contributed by atoms with Gasteiger partial charge in [0.2, 0.25) is 0 Å². The summed E-state index contributed by atoms with van der Waals surface area (Å²) >= 11 is 0. The predicted molar refractivity (Wildman–Crippen MR) is 129 cm³/mol. The first-order chi connectivity index (χ1) is 16.8. The molecule has 2 aliphatic heterocycles. The predicted octanol–water partition coefficient (Wildman–Crippen LogP) is 3.60. The lowest BCUT2D eigenvalue weighted by atomic mass is 9.93. The van der Waals surface area contributed by atoms with Crippen LogP contribution in [0, 0.1) is 30.1 Å². The number of fused-ring (bicyclic) bond motifs is 2. The summed E-state index contributed by atoms with van der Waals surface area (Å²) in [6.45, 7) is 8.61. The molecule has 0 radical (unpaired) electrons. The van der Waals surface area contributed by atoms with Gasteiger partial charge in [-0.15, -0.1) is 0 Å². The van der Waals surface area contributed by atoms with E-state index in [2.05, 4.69) is 35.3 Å². The number of benzene rings is 2. The highest BCUT2D eigenvalue weighted by Crippen LogP contribution is 2.33. The second-order valence-corrected chi connectivity index (χ2v) is 9.85. The van der Waals surface area contributed by atoms with E-state index in [4.69, 9.17) is 4.74 Å². The van der Waals surface area contributed by atoms with Crippen LogP contribution in [0.15, 0.2) is 30.3 Å². The van der Waals surface area contributed by atoms with Crippen LogP contribution in [-0.2, 0) is 11.3 Å². The topological polar surface area (TPSA) is 115 Å². The zero-order valence-corrected chi connectivity index (χ0v) is 20.1. The van der Waals surface area contributed by atoms with E-state index in [0.717, 1.165) is 22.2 Å². The molecule has 9 nitrogen and oxygen atoms in total. The van der Waals surface area contributed by atoms with Crippen molar-refractivity contribution in [3.8, 4) is 6.07 Å². The molecule has 2 aliphatic rings. The Kier molecular flexibility index (Phi) is 5.89. The van der Waals surface area contributed by atoms with Crippen molar-refractivity contribution < 1.29 is 14.3 Å². The highest BCUT2D eigenvalue weighted by atomic mass is 16.6. The first-order valence-corrected chi connectivity index (χ1v) is 11.9. The number of ether oxygens (including phenoxy) is 1. The summed E-state index contributed by atoms with van der Waals surface area (Å²) < 4.78 is 5.68. The molecular weight excluding hydrogens is 444 g/mol. The Morgan fingerprint density at radius 2 is 1.77 bits per heavy atom. The summed E-state index contributed by atoms with van der Waals surface area (Å²) in [6.07, 6.45) is -0.328. The van der Waals surface area contributed by atoms with Crippen LogP contribution in [0.5, 0.6) is 0 Å². The van der Waals surface area contributed by atoms with Crippen LogP contribution in [0.2, 0.25) is 0 Å². The molecule has 2 atom stereocenters. The number of nitrogens with zero attached hydrogens (tertiary/aromatic N) is 5. The third kappa shape index (κ3) is 4.32. The van der Waals surface area contributed by atoms with Crippen molar-refractivity contribution >= 4 is 23.0 Å². The number of hydrogen-bond donors (Lipinski definition) is 1. The van der Waals surface area contributed by atoms with Crippen LogP contribution in [0.1, 0.15) is 52.4 Å². The average molecular weight is 473 g/mol. The third-order valence-electron chi connectivity index (χ3n) is 7.17. The van der Waals surface area contributed by atoms with E-state index < -0.39 is 0 Å². The number of amides is 2. The van der Waals surface area contributed by atoms with Gasteiger partial charge in [-0.3, -0.25) is 4.79 Å². The fraction of sp³-hybridized carbons (Fsp3) is 0.423. The molecule has 5 rings (SSSR count). The van der Waals surface area contributed by atoms with Crippen molar-refractivity contribution in [2.45, 2.75) is 33.3 Å². The monoisotopic (exact) mass is 472 g/mol. The molecular formula is C26H28N6O3. The number of aromatic nitrogens is 3. The van der Waals surface area contributed by atoms with E-state index in [-0.39, 0.29) is 36.4 Å². The van der Waals surface area contributed by atoms with Gasteiger partial charge < -0.3 is 14.5 Å². The number of aromatic amines is 1. The molecule has 9 heteroatoms. The Bertz CT molecular complexity index is 1330. The largest absolute Gasteiger partial charge is 0.445 e. The molecule has 0 aliphatic carbocycles. The minimum Gasteiger partial charge on any atom is -0.445 e. The Hall–Kier alpha value is -3.93. The van der Waals surface area contributed by atoms with E-state index in [9.17, 15) is 14.9 Å². The maximum absolute atomic E-state index is 13.0. The van der Waals surface area contributed by atoms with Gasteiger partial charge in [0.05, 0.1) is 11.6 Å². The number of likely N-dealkylation sites (tertiary alicyclic amines) is 2. The lowest BCUT2D eigenvalue weighted by molar-refractivity contribution is 0.0764. The molecule has 180 valence electrons. The van der Waals surface area contributed by atoms with Gasteiger partial charge in [0, 0.05) is 43.6 Å². The van der Waals surface area contributed by atoms with Crippen molar-refractivity contribution in [1.82, 2.24) is 25.2 Å². The van der Waals surface area contributed by atoms with Crippen LogP contribution in [-0.4, -0.2) is 63.4 Å². The molecule has 0 spiro atoms. The standard InChI is InChI=1S/C26H28N6O3/c1-15(2)22-7-18(9-27)16(3)6-19(22)14-35-26(34)32-12-20-10-31(11-21(20)13-32)25(33)17-4-5-23-24(8-17)29-30-28-23/h4-8,15,20-21H,10-14H2,1-3H3,(H,28,29,30)/t20-,21-/m0/s1. The van der Waals surface area contributed by atoms with Gasteiger partial charge in [-0.2, -0.15) is 20.7 Å². The average Bonchev–Trinajstić information content (AvgIpc) is 3.56. The highest BCUT2D eigenvalue weighted by molar-refractivity contribution is 5.97. The highest BCUT2D eigenvalue weighted by Gasteiger charge is 2.43. The summed E-state index contributed by atoms with van der Waals surface area (Å²) in [5.74, 6) is 0.684. The van der Waals surface area contributed by atoms with Crippen molar-refractivity contribution in [3.63, 3.8) is 0 Å². The maximum Gasteiger partial charge on any atom is 0.410 e. The van der Waals surface area contributed by atoms with Crippen molar-refractivity contribution in [2.24, 2.45) is 11.8 Å². The van der Waals surface area contributed by atoms with Crippen molar-refractivity contribution in [1.29, 1.82) is 5.26 Å². The SMILES string of the molecule is Cc1cc(COC(=O)N2C[C@@H]3CN(C(=O)c4ccc5n[nH]nc5c4)C[C@H]3C2)c(C(C)C)cc1C#N. The van der Waals surface area contributed by atoms with E-state index in [0.29, 0.717) is 42.8 Å². The number of nitrogens with one attached hydrogen (secondary N) is 1. The lowest BCUT2D eigenvalue weighted by Gasteiger charge is -2.22. The molecule has 0 unspecified atom stereocenters. The zero-order chi connectivity index (χ0) is 24.7. The van der Waals surface area contributed by atoms with E-state index in [1.165, 1.54) is 0 Å². The van der Waals surface area contributed by atoms with Crippen molar-refractivity contribution in [3.05, 3.63) is 58.1 Å². The van der Waals surface area contributed by atoms with Gasteiger partial charge in [-0.1, -0.05) is 19.9 Å². The molecule has 2 saturated heterocycles. The van der Waals surface area contributed by atoms with Gasteiger partial charge in [0.25, 0.3) is 5.91 Å². The molecule has 0 bridgehead atoms. The maximum atomic E-state index is 13.0. The second-order valence-electron chi connectivity index (χ2n) is 9.85. The van der Waals surface area contributed by atoms with E-state index >= 15 is 0 Å². The summed E-state index contributed by atoms with van der Waals surface area (Å²) in [5, 5.41) is 20.0. The van der Waals surface area contributed by atoms with Crippen molar-refractivity contribution in [2.75, 3.05) is 26.2 Å². The Labute approximate surface area is 203 Å². The Morgan fingerprint density at radius 1 is 1.09 bits per heavy atom. The zero-order valence-electron chi connectivity index (χ0n) is 20.1. The van der Waals surface area contributed by atoms with Gasteiger partial charge in [-0.05, 0) is 53.8 Å². The molecule has 1 aromatic heterocycles. The molecule has 3 heterocycles. The number of carbonyl (C=O) groups excluding carboxylic acids is 2. The van der Waals surface area contributed by atoms with Gasteiger partial charge in [0.1, 0.15) is 17.6 Å². The van der Waals surface area contributed by atoms with Crippen LogP contribution in [0.25, 0.3) is 11.0 Å². The summed E-state index contributed by atoms with van der Waals surface area (Å²) in [7, 11) is 0. The summed E-state index contributed by atoms with van der Waals surface area (Å²) in [6, 6.07) is 11.4. The molecule has 35 heavy (non-hydrogen) atoms. The van der Waals surface area contributed by atoms with Crippen LogP contribution in [0.3, 0.4) is 0 Å². The molecule has 2 fully saturated rings. The number of carbonyl (C=O) groups is 2. The number of hydrogen-bond acceptors (Lipinski definition) is 6. The molecule has 2 aromatic carbocycles. The fourth-order valence-electron chi connectivity index (χ4n) is 5.26. The number of H-pyrrole nitrogens is 1. The molecule has 3 aromatic rings. The van der Waals surface area contributed by atoms with Gasteiger partial charge in [-0.25, -0.2) is 4.79 Å². The molecule has 2 amide bonds. The smallest absolute Gasteiger partial charge is 0.410 e.